The fraction of sp³-hybridized carbons (Fsp3) is 0.417. The normalized spacial score (nSPS) is 12.4. The molecule has 0 aliphatic rings. The second-order valence-electron chi connectivity index (χ2n) is 4.08. The SMILES string of the molecule is CCNC(C)c1csc(NC(=O)c2ocnc2C)n1. The first-order chi connectivity index (χ1) is 9.11. The molecule has 0 bridgehead atoms. The van der Waals surface area contributed by atoms with E-state index in [4.69, 9.17) is 4.42 Å². The zero-order valence-electron chi connectivity index (χ0n) is 11.1. The number of aromatic nitrogens is 2. The number of carbonyl (C=O) groups excluding carboxylic acids is 1. The first-order valence-corrected chi connectivity index (χ1v) is 6.90. The van der Waals surface area contributed by atoms with Crippen molar-refractivity contribution >= 4 is 22.4 Å². The van der Waals surface area contributed by atoms with E-state index in [1.807, 2.05) is 19.2 Å². The zero-order valence-corrected chi connectivity index (χ0v) is 11.9. The van der Waals surface area contributed by atoms with Crippen molar-refractivity contribution in [3.8, 4) is 0 Å². The third kappa shape index (κ3) is 3.18. The first kappa shape index (κ1) is 13.7. The van der Waals surface area contributed by atoms with Gasteiger partial charge in [0.1, 0.15) is 0 Å². The van der Waals surface area contributed by atoms with Crippen LogP contribution in [0.3, 0.4) is 0 Å². The van der Waals surface area contributed by atoms with E-state index < -0.39 is 0 Å². The number of nitrogens with zero attached hydrogens (tertiary/aromatic N) is 2. The van der Waals surface area contributed by atoms with Crippen LogP contribution < -0.4 is 10.6 Å². The lowest BCUT2D eigenvalue weighted by Gasteiger charge is -2.08. The lowest BCUT2D eigenvalue weighted by atomic mass is 10.3. The van der Waals surface area contributed by atoms with E-state index in [-0.39, 0.29) is 17.7 Å². The molecular formula is C12H16N4O2S. The Kier molecular flexibility index (Phi) is 4.28. The first-order valence-electron chi connectivity index (χ1n) is 6.02. The minimum Gasteiger partial charge on any atom is -0.438 e. The molecule has 2 heterocycles. The van der Waals surface area contributed by atoms with E-state index in [0.29, 0.717) is 10.8 Å². The highest BCUT2D eigenvalue weighted by Gasteiger charge is 2.16. The summed E-state index contributed by atoms with van der Waals surface area (Å²) in [5, 5.41) is 8.46. The molecule has 2 rings (SSSR count). The molecule has 0 radical (unpaired) electrons. The van der Waals surface area contributed by atoms with E-state index in [2.05, 4.69) is 20.6 Å². The van der Waals surface area contributed by atoms with Gasteiger partial charge in [-0.15, -0.1) is 11.3 Å². The van der Waals surface area contributed by atoms with Crippen LogP contribution in [0.4, 0.5) is 5.13 Å². The number of anilines is 1. The van der Waals surface area contributed by atoms with Crippen LogP contribution in [-0.4, -0.2) is 22.4 Å². The van der Waals surface area contributed by atoms with Crippen LogP contribution in [-0.2, 0) is 0 Å². The van der Waals surface area contributed by atoms with Crippen molar-refractivity contribution in [1.29, 1.82) is 0 Å². The van der Waals surface area contributed by atoms with Crippen molar-refractivity contribution in [3.05, 3.63) is 28.9 Å². The van der Waals surface area contributed by atoms with E-state index in [1.54, 1.807) is 6.92 Å². The Hall–Kier alpha value is -1.73. The minimum absolute atomic E-state index is 0.166. The Morgan fingerprint density at radius 1 is 1.58 bits per heavy atom. The summed E-state index contributed by atoms with van der Waals surface area (Å²) in [6.07, 6.45) is 1.25. The Balaban J connectivity index is 2.04. The molecule has 2 N–H and O–H groups in total. The van der Waals surface area contributed by atoms with Gasteiger partial charge in [-0.3, -0.25) is 10.1 Å². The van der Waals surface area contributed by atoms with Crippen molar-refractivity contribution in [3.63, 3.8) is 0 Å². The maximum Gasteiger partial charge on any atom is 0.295 e. The molecule has 1 amide bonds. The van der Waals surface area contributed by atoms with Crippen LogP contribution in [0.15, 0.2) is 16.2 Å². The summed E-state index contributed by atoms with van der Waals surface area (Å²) < 4.78 is 5.03. The maximum atomic E-state index is 11.9. The van der Waals surface area contributed by atoms with Gasteiger partial charge < -0.3 is 9.73 Å². The van der Waals surface area contributed by atoms with Gasteiger partial charge in [-0.25, -0.2) is 9.97 Å². The van der Waals surface area contributed by atoms with Crippen molar-refractivity contribution in [2.24, 2.45) is 0 Å². The van der Waals surface area contributed by atoms with Gasteiger partial charge in [-0.1, -0.05) is 6.92 Å². The van der Waals surface area contributed by atoms with Gasteiger partial charge in [-0.05, 0) is 20.4 Å². The molecular weight excluding hydrogens is 264 g/mol. The molecule has 1 unspecified atom stereocenters. The molecule has 0 aromatic carbocycles. The van der Waals surface area contributed by atoms with Crippen molar-refractivity contribution in [2.45, 2.75) is 26.8 Å². The number of hydrogen-bond donors (Lipinski definition) is 2. The minimum atomic E-state index is -0.327. The number of oxazole rings is 1. The summed E-state index contributed by atoms with van der Waals surface area (Å²) in [6, 6.07) is 0.166. The summed E-state index contributed by atoms with van der Waals surface area (Å²) in [7, 11) is 0. The molecule has 102 valence electrons. The van der Waals surface area contributed by atoms with Gasteiger partial charge in [0.05, 0.1) is 11.4 Å². The van der Waals surface area contributed by atoms with Gasteiger partial charge in [0.15, 0.2) is 11.5 Å². The third-order valence-corrected chi connectivity index (χ3v) is 3.42. The predicted octanol–water partition coefficient (Wildman–Crippen LogP) is 2.36. The second-order valence-corrected chi connectivity index (χ2v) is 4.94. The summed E-state index contributed by atoms with van der Waals surface area (Å²) in [5.41, 5.74) is 1.48. The van der Waals surface area contributed by atoms with E-state index in [0.717, 1.165) is 12.2 Å². The number of nitrogens with one attached hydrogen (secondary N) is 2. The summed E-state index contributed by atoms with van der Waals surface area (Å²) in [4.78, 5) is 20.2. The monoisotopic (exact) mass is 280 g/mol. The van der Waals surface area contributed by atoms with Gasteiger partial charge in [0, 0.05) is 11.4 Å². The highest BCUT2D eigenvalue weighted by atomic mass is 32.1. The fourth-order valence-corrected chi connectivity index (χ4v) is 2.43. The second kappa shape index (κ2) is 5.94. The number of carbonyl (C=O) groups is 1. The Bertz CT molecular complexity index is 564. The molecule has 6 nitrogen and oxygen atoms in total. The number of amides is 1. The van der Waals surface area contributed by atoms with E-state index in [1.165, 1.54) is 17.7 Å². The lowest BCUT2D eigenvalue weighted by molar-refractivity contribution is 0.0996. The average molecular weight is 280 g/mol. The molecule has 2 aromatic heterocycles. The number of rotatable bonds is 5. The van der Waals surface area contributed by atoms with Gasteiger partial charge >= 0.3 is 0 Å². The largest absolute Gasteiger partial charge is 0.438 e. The van der Waals surface area contributed by atoms with Crippen LogP contribution in [0, 0.1) is 6.92 Å². The standard InChI is InChI=1S/C12H16N4O2S/c1-4-13-7(2)9-5-19-12(15-9)16-11(17)10-8(3)14-6-18-10/h5-7,13H,4H2,1-3H3,(H,15,16,17). The summed E-state index contributed by atoms with van der Waals surface area (Å²) >= 11 is 1.39. The Morgan fingerprint density at radius 3 is 3.00 bits per heavy atom. The molecule has 0 fully saturated rings. The molecule has 0 saturated heterocycles. The van der Waals surface area contributed by atoms with Gasteiger partial charge in [-0.2, -0.15) is 0 Å². The fourth-order valence-electron chi connectivity index (χ4n) is 1.63. The van der Waals surface area contributed by atoms with Crippen LogP contribution >= 0.6 is 11.3 Å². The van der Waals surface area contributed by atoms with Crippen LogP contribution in [0.25, 0.3) is 0 Å². The van der Waals surface area contributed by atoms with Gasteiger partial charge in [0.25, 0.3) is 5.91 Å². The number of thiazole rings is 1. The number of hydrogen-bond acceptors (Lipinski definition) is 6. The predicted molar refractivity (Wildman–Crippen MR) is 73.4 cm³/mol. The van der Waals surface area contributed by atoms with Crippen LogP contribution in [0.2, 0.25) is 0 Å². The topological polar surface area (TPSA) is 80.0 Å². The summed E-state index contributed by atoms with van der Waals surface area (Å²) in [6.45, 7) is 6.67. The van der Waals surface area contributed by atoms with Gasteiger partial charge in [0.2, 0.25) is 5.76 Å². The molecule has 19 heavy (non-hydrogen) atoms. The molecule has 0 saturated carbocycles. The Morgan fingerprint density at radius 2 is 2.37 bits per heavy atom. The van der Waals surface area contributed by atoms with Crippen LogP contribution in [0.1, 0.15) is 41.8 Å². The van der Waals surface area contributed by atoms with Crippen LogP contribution in [0.5, 0.6) is 0 Å². The average Bonchev–Trinajstić information content (AvgIpc) is 2.98. The zero-order chi connectivity index (χ0) is 13.8. The number of aryl methyl sites for hydroxylation is 1. The van der Waals surface area contributed by atoms with Crippen molar-refractivity contribution in [1.82, 2.24) is 15.3 Å². The third-order valence-electron chi connectivity index (χ3n) is 2.65. The molecule has 1 atom stereocenters. The quantitative estimate of drug-likeness (QED) is 0.879. The highest BCUT2D eigenvalue weighted by molar-refractivity contribution is 7.14. The highest BCUT2D eigenvalue weighted by Crippen LogP contribution is 2.21. The Labute approximate surface area is 115 Å². The maximum absolute atomic E-state index is 11.9. The molecule has 0 aliphatic heterocycles. The van der Waals surface area contributed by atoms with E-state index in [9.17, 15) is 4.79 Å². The molecule has 0 spiro atoms. The molecule has 7 heteroatoms. The lowest BCUT2D eigenvalue weighted by Crippen LogP contribution is -2.18. The summed E-state index contributed by atoms with van der Waals surface area (Å²) in [5.74, 6) is -0.108. The van der Waals surface area contributed by atoms with Crippen molar-refractivity contribution < 1.29 is 9.21 Å². The van der Waals surface area contributed by atoms with Crippen molar-refractivity contribution in [2.75, 3.05) is 11.9 Å². The van der Waals surface area contributed by atoms with E-state index >= 15 is 0 Å². The molecule has 0 aliphatic carbocycles. The smallest absolute Gasteiger partial charge is 0.295 e. The molecule has 2 aromatic rings.